The van der Waals surface area contributed by atoms with Gasteiger partial charge in [-0.1, -0.05) is 10.2 Å². The third kappa shape index (κ3) is 7.40. The lowest BCUT2D eigenvalue weighted by Gasteiger charge is -2.13. The molecule has 2 aromatic carbocycles. The van der Waals surface area contributed by atoms with E-state index >= 15 is 0 Å². The summed E-state index contributed by atoms with van der Waals surface area (Å²) < 4.78 is 168. The van der Waals surface area contributed by atoms with Crippen molar-refractivity contribution < 1.29 is 70.9 Å². The molecular weight excluding hydrogens is 627 g/mol. The van der Waals surface area contributed by atoms with Crippen molar-refractivity contribution in [3.63, 3.8) is 0 Å². The molecule has 41 heavy (non-hydrogen) atoms. The Morgan fingerprint density at radius 3 is 1.10 bits per heavy atom. The lowest BCUT2D eigenvalue weighted by molar-refractivity contribution is -0.0510. The molecule has 0 unspecified atom stereocenters. The Labute approximate surface area is 215 Å². The molecule has 0 radical (unpaired) electrons. The molecule has 0 saturated carbocycles. The van der Waals surface area contributed by atoms with Gasteiger partial charge in [0.05, 0.1) is 0 Å². The topological polar surface area (TPSA) is 222 Å². The van der Waals surface area contributed by atoms with E-state index in [1.54, 1.807) is 0 Å². The highest BCUT2D eigenvalue weighted by atomic mass is 32.2. The van der Waals surface area contributed by atoms with Crippen LogP contribution >= 0.6 is 0 Å². The molecule has 0 aliphatic carbocycles. The number of benzene rings is 2. The highest BCUT2D eigenvalue weighted by Gasteiger charge is 2.44. The molecule has 0 aromatic heterocycles. The van der Waals surface area contributed by atoms with E-state index in [1.807, 2.05) is 9.82 Å². The van der Waals surface area contributed by atoms with Gasteiger partial charge in [-0.25, -0.2) is 35.1 Å². The van der Waals surface area contributed by atoms with E-state index in [-0.39, 0.29) is 0 Å². The Balaban J connectivity index is 0.000000915. The van der Waals surface area contributed by atoms with Gasteiger partial charge in [-0.2, -0.15) is 21.6 Å². The molecule has 0 saturated heterocycles. The predicted octanol–water partition coefficient (Wildman–Crippen LogP) is 4.66. The Kier molecular flexibility index (Phi) is 10.8. The molecule has 4 N–H and O–H groups in total. The number of amides is 2. The van der Waals surface area contributed by atoms with Crippen molar-refractivity contribution >= 4 is 33.3 Å². The molecule has 0 heterocycles. The fraction of sp³-hybridized carbons (Fsp3) is 0.0667. The number of nitrogens with one attached hydrogen (secondary N) is 3. The van der Waals surface area contributed by atoms with E-state index in [0.717, 1.165) is 0 Å². The number of hydrazine groups is 2. The second-order valence-corrected chi connectivity index (χ2v) is 7.71. The normalized spacial score (nSPS) is 10.9. The first-order valence-corrected chi connectivity index (χ1v) is 10.4. The van der Waals surface area contributed by atoms with Gasteiger partial charge in [-0.05, 0) is 11.1 Å². The van der Waals surface area contributed by atoms with Gasteiger partial charge in [0.25, 0.3) is 11.8 Å². The predicted molar refractivity (Wildman–Crippen MR) is 106 cm³/mol. The van der Waals surface area contributed by atoms with Crippen molar-refractivity contribution in [1.29, 1.82) is 0 Å². The molecule has 2 rings (SSSR count). The van der Waals surface area contributed by atoms with Gasteiger partial charge in [-0.15, -0.1) is 5.53 Å². The standard InChI is InChI=1S/C14H3F8N9O2.CHF3O3S/c15-3-1(4(16)8(20)11(7(3)19)25-29-23)13(32)27-31-28-14(33)2-5(17)9(21)12(26-30-24)10(22)6(2)18;2-1(3,4)8(5,6)7/h31H,(H,27,32)(H,28,33);(H,5,6,7). The maximum Gasteiger partial charge on any atom is 0.522 e. The zero-order chi connectivity index (χ0) is 32.0. The summed E-state index contributed by atoms with van der Waals surface area (Å²) in [5.74, 6) is -22.3. The molecule has 0 aliphatic rings. The van der Waals surface area contributed by atoms with Crippen LogP contribution in [0.4, 0.5) is 59.7 Å². The van der Waals surface area contributed by atoms with Crippen LogP contribution in [0.15, 0.2) is 10.2 Å². The third-order valence-electron chi connectivity index (χ3n) is 3.87. The van der Waals surface area contributed by atoms with Gasteiger partial charge < -0.3 is 0 Å². The van der Waals surface area contributed by atoms with E-state index in [9.17, 15) is 57.9 Å². The molecule has 14 nitrogen and oxygen atoms in total. The summed E-state index contributed by atoms with van der Waals surface area (Å²) >= 11 is 0. The summed E-state index contributed by atoms with van der Waals surface area (Å²) in [6, 6.07) is 0. The average molecular weight is 631 g/mol. The maximum atomic E-state index is 13.9. The van der Waals surface area contributed by atoms with E-state index in [1.165, 1.54) is 16.4 Å². The second-order valence-electron chi connectivity index (χ2n) is 6.29. The fourth-order valence-corrected chi connectivity index (χ4v) is 2.17. The van der Waals surface area contributed by atoms with Crippen LogP contribution in [0.5, 0.6) is 0 Å². The van der Waals surface area contributed by atoms with Gasteiger partial charge >= 0.3 is 15.6 Å². The summed E-state index contributed by atoms with van der Waals surface area (Å²) in [7, 11) is -5.84. The Bertz CT molecular complexity index is 1470. The van der Waals surface area contributed by atoms with E-state index in [4.69, 9.17) is 24.0 Å². The zero-order valence-corrected chi connectivity index (χ0v) is 19.1. The minimum atomic E-state index is -5.84. The van der Waals surface area contributed by atoms with Crippen LogP contribution in [0.2, 0.25) is 0 Å². The monoisotopic (exact) mass is 631 g/mol. The van der Waals surface area contributed by atoms with E-state index < -0.39 is 96.5 Å². The van der Waals surface area contributed by atoms with Crippen LogP contribution in [0.3, 0.4) is 0 Å². The number of halogens is 11. The van der Waals surface area contributed by atoms with Gasteiger partial charge in [0.2, 0.25) is 0 Å². The van der Waals surface area contributed by atoms with Crippen LogP contribution in [0.1, 0.15) is 20.7 Å². The van der Waals surface area contributed by atoms with Crippen molar-refractivity contribution in [3.05, 3.63) is 78.6 Å². The Morgan fingerprint density at radius 1 is 0.659 bits per heavy atom. The van der Waals surface area contributed by atoms with Crippen molar-refractivity contribution in [1.82, 2.24) is 16.4 Å². The van der Waals surface area contributed by atoms with E-state index in [2.05, 4.69) is 10.2 Å². The van der Waals surface area contributed by atoms with Crippen LogP contribution in [0.25, 0.3) is 20.9 Å². The molecule has 0 bridgehead atoms. The molecule has 0 spiro atoms. The first-order chi connectivity index (χ1) is 18.7. The first-order valence-electron chi connectivity index (χ1n) is 8.95. The molecule has 2 amide bonds. The number of carbonyl (C=O) groups excluding carboxylic acids is 2. The highest BCUT2D eigenvalue weighted by Crippen LogP contribution is 2.31. The van der Waals surface area contributed by atoms with E-state index in [0.29, 0.717) is 0 Å². The quantitative estimate of drug-likeness (QED) is 0.0519. The smallest absolute Gasteiger partial charge is 0.279 e. The van der Waals surface area contributed by atoms with Crippen LogP contribution in [-0.2, 0) is 10.1 Å². The Hall–Kier alpha value is -4.90. The lowest BCUT2D eigenvalue weighted by Crippen LogP contribution is -2.50. The summed E-state index contributed by atoms with van der Waals surface area (Å²) in [5.41, 5.74) is 7.26. The molecule has 0 atom stereocenters. The molecule has 0 fully saturated rings. The number of rotatable bonds is 6. The summed E-state index contributed by atoms with van der Waals surface area (Å²) in [5, 5.41) is 4.77. The minimum absolute atomic E-state index is 1.25. The van der Waals surface area contributed by atoms with Gasteiger partial charge in [0, 0.05) is 9.82 Å². The second kappa shape index (κ2) is 13.0. The summed E-state index contributed by atoms with van der Waals surface area (Å²) in [4.78, 5) is 27.4. The number of hydrogen-bond acceptors (Lipinski definition) is 7. The molecule has 26 heteroatoms. The number of nitrogens with zero attached hydrogens (tertiary/aromatic N) is 6. The summed E-state index contributed by atoms with van der Waals surface area (Å²) in [6.45, 7) is 0. The lowest BCUT2D eigenvalue weighted by atomic mass is 10.1. The van der Waals surface area contributed by atoms with Crippen molar-refractivity contribution in [2.75, 3.05) is 0 Å². The number of alkyl halides is 3. The highest BCUT2D eigenvalue weighted by molar-refractivity contribution is 7.86. The molecule has 0 aliphatic heterocycles. The minimum Gasteiger partial charge on any atom is -0.279 e. The Morgan fingerprint density at radius 2 is 0.902 bits per heavy atom. The molecule has 2 aromatic rings. The average Bonchev–Trinajstić information content (AvgIpc) is 2.86. The van der Waals surface area contributed by atoms with Gasteiger partial charge in [-0.3, -0.25) is 25.0 Å². The van der Waals surface area contributed by atoms with Crippen LogP contribution in [-0.4, -0.2) is 30.3 Å². The SMILES string of the molecule is O=S(=O)(O)C(F)(F)F.[N-]=[N+]=Nc1c(F)c(F)c(C(=O)NNNC(=O)c2c(F)c(F)c(N=[N+]=[N-])c(F)c2F)c(F)c1F. The number of azide groups is 2. The molecule has 222 valence electrons. The van der Waals surface area contributed by atoms with Crippen LogP contribution < -0.4 is 16.4 Å². The molecular formula is C15H4F11N9O5S. The number of hydrogen-bond donors (Lipinski definition) is 4. The fourth-order valence-electron chi connectivity index (χ4n) is 2.17. The van der Waals surface area contributed by atoms with Crippen molar-refractivity contribution in [2.24, 2.45) is 10.2 Å². The van der Waals surface area contributed by atoms with Gasteiger partial charge in [0.1, 0.15) is 22.5 Å². The largest absolute Gasteiger partial charge is 0.522 e. The maximum absolute atomic E-state index is 13.9. The summed E-state index contributed by atoms with van der Waals surface area (Å²) in [6.07, 6.45) is 0. The zero-order valence-electron chi connectivity index (χ0n) is 18.3. The van der Waals surface area contributed by atoms with Crippen molar-refractivity contribution in [3.8, 4) is 0 Å². The van der Waals surface area contributed by atoms with Crippen molar-refractivity contribution in [2.45, 2.75) is 5.51 Å². The van der Waals surface area contributed by atoms with Crippen LogP contribution in [0, 0.1) is 46.5 Å². The van der Waals surface area contributed by atoms with Gasteiger partial charge in [0.15, 0.2) is 46.5 Å². The first kappa shape index (κ1) is 34.1. The number of carbonyl (C=O) groups is 2. The third-order valence-corrected chi connectivity index (χ3v) is 4.45.